The molecule has 0 spiro atoms. The van der Waals surface area contributed by atoms with Gasteiger partial charge >= 0.3 is 0 Å². The molecular weight excluding hydrogens is 302 g/mol. The summed E-state index contributed by atoms with van der Waals surface area (Å²) in [4.78, 5) is 4.96. The van der Waals surface area contributed by atoms with E-state index >= 15 is 0 Å². The van der Waals surface area contributed by atoms with Crippen molar-refractivity contribution in [3.63, 3.8) is 0 Å². The van der Waals surface area contributed by atoms with Gasteiger partial charge in [0.1, 0.15) is 0 Å². The second kappa shape index (κ2) is 5.42. The van der Waals surface area contributed by atoms with Gasteiger partial charge in [0.15, 0.2) is 0 Å². The molecule has 0 fully saturated rings. The van der Waals surface area contributed by atoms with Crippen LogP contribution in [0.5, 0.6) is 0 Å². The van der Waals surface area contributed by atoms with Crippen molar-refractivity contribution in [2.24, 2.45) is 0 Å². The van der Waals surface area contributed by atoms with Crippen LogP contribution in [-0.4, -0.2) is 4.98 Å². The van der Waals surface area contributed by atoms with Gasteiger partial charge in [0.2, 0.25) is 0 Å². The Balaban J connectivity index is 1.91. The standard InChI is InChI=1S/C24H17N/c1-16-14-24(25-23-13-7-6-9-18(16)23)22-15-17-8-2-3-10-19(17)20-11-4-5-12-21(20)22/h2-15H,1H3. The van der Waals surface area contributed by atoms with Gasteiger partial charge in [0.05, 0.1) is 11.2 Å². The summed E-state index contributed by atoms with van der Waals surface area (Å²) >= 11 is 0. The maximum atomic E-state index is 4.96. The number of fused-ring (bicyclic) bond motifs is 4. The third-order valence-electron chi connectivity index (χ3n) is 4.97. The highest BCUT2D eigenvalue weighted by molar-refractivity contribution is 6.13. The second-order valence-corrected chi connectivity index (χ2v) is 6.53. The Hall–Kier alpha value is -3.19. The molecule has 0 saturated carbocycles. The van der Waals surface area contributed by atoms with Crippen LogP contribution in [0.25, 0.3) is 43.7 Å². The first-order valence-electron chi connectivity index (χ1n) is 8.58. The summed E-state index contributed by atoms with van der Waals surface area (Å²) in [7, 11) is 0. The Morgan fingerprint density at radius 3 is 2.08 bits per heavy atom. The highest BCUT2D eigenvalue weighted by Crippen LogP contribution is 2.35. The molecule has 1 heterocycles. The molecule has 0 aliphatic heterocycles. The van der Waals surface area contributed by atoms with Crippen LogP contribution in [0.4, 0.5) is 0 Å². The lowest BCUT2D eigenvalue weighted by atomic mass is 9.94. The van der Waals surface area contributed by atoms with Crippen LogP contribution in [0.1, 0.15) is 5.56 Å². The van der Waals surface area contributed by atoms with Gasteiger partial charge in [-0.2, -0.15) is 0 Å². The number of benzene rings is 4. The normalized spacial score (nSPS) is 11.4. The number of pyridine rings is 1. The van der Waals surface area contributed by atoms with E-state index in [1.807, 2.05) is 0 Å². The van der Waals surface area contributed by atoms with Gasteiger partial charge in [-0.05, 0) is 52.2 Å². The van der Waals surface area contributed by atoms with Crippen LogP contribution in [-0.2, 0) is 0 Å². The monoisotopic (exact) mass is 319 g/mol. The van der Waals surface area contributed by atoms with Gasteiger partial charge in [-0.1, -0.05) is 66.7 Å². The summed E-state index contributed by atoms with van der Waals surface area (Å²) < 4.78 is 0. The first-order chi connectivity index (χ1) is 12.3. The molecule has 0 radical (unpaired) electrons. The smallest absolute Gasteiger partial charge is 0.0718 e. The van der Waals surface area contributed by atoms with Gasteiger partial charge in [-0.25, -0.2) is 4.98 Å². The number of para-hydroxylation sites is 1. The molecule has 1 nitrogen and oxygen atoms in total. The van der Waals surface area contributed by atoms with Crippen molar-refractivity contribution in [2.45, 2.75) is 6.92 Å². The summed E-state index contributed by atoms with van der Waals surface area (Å²) in [5, 5.41) is 6.30. The molecule has 25 heavy (non-hydrogen) atoms. The molecule has 0 amide bonds. The van der Waals surface area contributed by atoms with E-state index < -0.39 is 0 Å². The lowest BCUT2D eigenvalue weighted by Gasteiger charge is -2.12. The predicted molar refractivity (Wildman–Crippen MR) is 107 cm³/mol. The first kappa shape index (κ1) is 14.2. The van der Waals surface area contributed by atoms with Crippen LogP contribution >= 0.6 is 0 Å². The van der Waals surface area contributed by atoms with Crippen molar-refractivity contribution < 1.29 is 0 Å². The largest absolute Gasteiger partial charge is 0.248 e. The zero-order valence-electron chi connectivity index (χ0n) is 14.0. The number of rotatable bonds is 1. The van der Waals surface area contributed by atoms with Crippen molar-refractivity contribution >= 4 is 32.4 Å². The van der Waals surface area contributed by atoms with E-state index in [-0.39, 0.29) is 0 Å². The molecule has 1 aromatic heterocycles. The molecule has 0 aliphatic carbocycles. The summed E-state index contributed by atoms with van der Waals surface area (Å²) in [5.74, 6) is 0. The van der Waals surface area contributed by atoms with Crippen molar-refractivity contribution in [3.8, 4) is 11.3 Å². The molecule has 4 aromatic carbocycles. The molecule has 118 valence electrons. The van der Waals surface area contributed by atoms with E-state index in [0.29, 0.717) is 0 Å². The SMILES string of the molecule is Cc1cc(-c2cc3ccccc3c3ccccc23)nc2ccccc12. The predicted octanol–water partition coefficient (Wildman–Crippen LogP) is 6.52. The van der Waals surface area contributed by atoms with Crippen LogP contribution < -0.4 is 0 Å². The molecule has 1 heteroatoms. The highest BCUT2D eigenvalue weighted by atomic mass is 14.7. The second-order valence-electron chi connectivity index (χ2n) is 6.53. The van der Waals surface area contributed by atoms with Gasteiger partial charge in [-0.15, -0.1) is 0 Å². The molecule has 0 N–H and O–H groups in total. The maximum Gasteiger partial charge on any atom is 0.0718 e. The minimum absolute atomic E-state index is 1.04. The van der Waals surface area contributed by atoms with E-state index in [4.69, 9.17) is 4.98 Å². The van der Waals surface area contributed by atoms with Crippen molar-refractivity contribution in [1.82, 2.24) is 4.98 Å². The summed E-state index contributed by atoms with van der Waals surface area (Å²) in [5.41, 5.74) is 4.55. The van der Waals surface area contributed by atoms with Crippen LogP contribution in [0.3, 0.4) is 0 Å². The fraction of sp³-hybridized carbons (Fsp3) is 0.0417. The topological polar surface area (TPSA) is 12.9 Å². The van der Waals surface area contributed by atoms with E-state index in [1.54, 1.807) is 0 Å². The summed E-state index contributed by atoms with van der Waals surface area (Å²) in [6, 6.07) is 30.0. The molecular formula is C24H17N. The molecule has 5 rings (SSSR count). The zero-order chi connectivity index (χ0) is 16.8. The number of aryl methyl sites for hydroxylation is 1. The Morgan fingerprint density at radius 1 is 0.600 bits per heavy atom. The van der Waals surface area contributed by atoms with Crippen molar-refractivity contribution in [3.05, 3.63) is 90.5 Å². The maximum absolute atomic E-state index is 4.96. The number of aromatic nitrogens is 1. The average molecular weight is 319 g/mol. The third-order valence-corrected chi connectivity index (χ3v) is 4.97. The number of hydrogen-bond donors (Lipinski definition) is 0. The number of hydrogen-bond acceptors (Lipinski definition) is 1. The van der Waals surface area contributed by atoms with E-state index in [0.717, 1.165) is 11.2 Å². The Bertz CT molecular complexity index is 1250. The van der Waals surface area contributed by atoms with Gasteiger partial charge in [0, 0.05) is 10.9 Å². The van der Waals surface area contributed by atoms with Crippen LogP contribution in [0.2, 0.25) is 0 Å². The minimum atomic E-state index is 1.04. The van der Waals surface area contributed by atoms with E-state index in [9.17, 15) is 0 Å². The van der Waals surface area contributed by atoms with Gasteiger partial charge < -0.3 is 0 Å². The summed E-state index contributed by atoms with van der Waals surface area (Å²) in [6.45, 7) is 2.16. The van der Waals surface area contributed by atoms with E-state index in [1.165, 1.54) is 38.1 Å². The zero-order valence-corrected chi connectivity index (χ0v) is 14.0. The van der Waals surface area contributed by atoms with Crippen molar-refractivity contribution in [1.29, 1.82) is 0 Å². The van der Waals surface area contributed by atoms with Crippen LogP contribution in [0.15, 0.2) is 84.9 Å². The number of nitrogens with zero attached hydrogens (tertiary/aromatic N) is 1. The summed E-state index contributed by atoms with van der Waals surface area (Å²) in [6.07, 6.45) is 0. The molecule has 0 saturated heterocycles. The lowest BCUT2D eigenvalue weighted by Crippen LogP contribution is -1.90. The highest BCUT2D eigenvalue weighted by Gasteiger charge is 2.11. The molecule has 0 aliphatic rings. The fourth-order valence-corrected chi connectivity index (χ4v) is 3.75. The molecule has 0 unspecified atom stereocenters. The Kier molecular flexibility index (Phi) is 3.07. The molecule has 5 aromatic rings. The molecule has 0 bridgehead atoms. The van der Waals surface area contributed by atoms with Gasteiger partial charge in [-0.3, -0.25) is 0 Å². The first-order valence-corrected chi connectivity index (χ1v) is 8.58. The Morgan fingerprint density at radius 2 is 1.24 bits per heavy atom. The average Bonchev–Trinajstić information content (AvgIpc) is 2.67. The molecule has 0 atom stereocenters. The van der Waals surface area contributed by atoms with Gasteiger partial charge in [0.25, 0.3) is 0 Å². The quantitative estimate of drug-likeness (QED) is 0.321. The Labute approximate surface area is 146 Å². The lowest BCUT2D eigenvalue weighted by molar-refractivity contribution is 1.37. The van der Waals surface area contributed by atoms with Crippen LogP contribution in [0, 0.1) is 6.92 Å². The fourth-order valence-electron chi connectivity index (χ4n) is 3.75. The van der Waals surface area contributed by atoms with E-state index in [2.05, 4.69) is 91.9 Å². The van der Waals surface area contributed by atoms with Crippen molar-refractivity contribution in [2.75, 3.05) is 0 Å². The minimum Gasteiger partial charge on any atom is -0.248 e. The third kappa shape index (κ3) is 2.20.